The van der Waals surface area contributed by atoms with E-state index in [2.05, 4.69) is 4.90 Å². The summed E-state index contributed by atoms with van der Waals surface area (Å²) in [7, 11) is 3.73. The molecule has 21 heavy (non-hydrogen) atoms. The smallest absolute Gasteiger partial charge is 0.261 e. The van der Waals surface area contributed by atoms with Crippen LogP contribution in [0.2, 0.25) is 0 Å². The van der Waals surface area contributed by atoms with E-state index in [1.54, 1.807) is 13.0 Å². The Morgan fingerprint density at radius 1 is 1.38 bits per heavy atom. The van der Waals surface area contributed by atoms with E-state index < -0.39 is 9.05 Å². The van der Waals surface area contributed by atoms with Gasteiger partial charge < -0.3 is 14.4 Å². The molecule has 118 valence electrons. The first-order chi connectivity index (χ1) is 9.79. The summed E-state index contributed by atoms with van der Waals surface area (Å²) < 4.78 is 34.3. The number of halogens is 1. The Kier molecular flexibility index (Phi) is 5.14. The van der Waals surface area contributed by atoms with Gasteiger partial charge in [-0.25, -0.2) is 8.42 Å². The summed E-state index contributed by atoms with van der Waals surface area (Å²) in [6.45, 7) is 6.44. The van der Waals surface area contributed by atoms with E-state index in [0.717, 1.165) is 18.7 Å². The zero-order valence-electron chi connectivity index (χ0n) is 12.4. The molecule has 0 amide bonds. The average Bonchev–Trinajstić information content (AvgIpc) is 2.39. The van der Waals surface area contributed by atoms with Gasteiger partial charge in [-0.05, 0) is 44.2 Å². The molecule has 1 aliphatic heterocycles. The highest BCUT2D eigenvalue weighted by atomic mass is 35.7. The summed E-state index contributed by atoms with van der Waals surface area (Å²) in [5.41, 5.74) is 1.39. The summed E-state index contributed by atoms with van der Waals surface area (Å²) in [4.78, 5) is 2.32. The molecule has 0 N–H and O–H groups in total. The van der Waals surface area contributed by atoms with Crippen LogP contribution < -0.4 is 4.74 Å². The van der Waals surface area contributed by atoms with Gasteiger partial charge in [0.1, 0.15) is 18.5 Å². The number of hydrogen-bond donors (Lipinski definition) is 0. The molecule has 0 aliphatic carbocycles. The van der Waals surface area contributed by atoms with Crippen molar-refractivity contribution in [1.82, 2.24) is 4.90 Å². The molecule has 0 bridgehead atoms. The van der Waals surface area contributed by atoms with E-state index in [0.29, 0.717) is 24.5 Å². The third-order valence-electron chi connectivity index (χ3n) is 3.72. The summed E-state index contributed by atoms with van der Waals surface area (Å²) in [6.07, 6.45) is 0.0277. The Morgan fingerprint density at radius 3 is 2.71 bits per heavy atom. The molecule has 2 rings (SSSR count). The van der Waals surface area contributed by atoms with Gasteiger partial charge in [-0.15, -0.1) is 0 Å². The normalized spacial score (nSPS) is 20.5. The van der Waals surface area contributed by atoms with Crippen molar-refractivity contribution in [2.75, 3.05) is 33.4 Å². The Bertz CT molecular complexity index is 618. The highest BCUT2D eigenvalue weighted by molar-refractivity contribution is 8.13. The fourth-order valence-corrected chi connectivity index (χ4v) is 3.59. The fraction of sp³-hybridized carbons (Fsp3) is 0.571. The van der Waals surface area contributed by atoms with Crippen molar-refractivity contribution in [3.05, 3.63) is 23.3 Å². The van der Waals surface area contributed by atoms with Gasteiger partial charge in [0.05, 0.1) is 11.5 Å². The molecule has 1 saturated heterocycles. The number of morpholine rings is 1. The summed E-state index contributed by atoms with van der Waals surface area (Å²) >= 11 is 0. The Hall–Kier alpha value is -0.820. The van der Waals surface area contributed by atoms with Crippen molar-refractivity contribution in [2.45, 2.75) is 24.8 Å². The van der Waals surface area contributed by atoms with Crippen molar-refractivity contribution in [3.8, 4) is 5.75 Å². The fourth-order valence-electron chi connectivity index (χ4n) is 2.34. The minimum absolute atomic E-state index is 0.0277. The van der Waals surface area contributed by atoms with Crippen LogP contribution in [0.4, 0.5) is 0 Å². The SMILES string of the molecule is Cc1c(OCC2CN(C)CCO2)ccc(S(=O)(=O)Cl)c1C. The van der Waals surface area contributed by atoms with Gasteiger partial charge in [-0.1, -0.05) is 0 Å². The molecule has 1 heterocycles. The largest absolute Gasteiger partial charge is 0.491 e. The Labute approximate surface area is 130 Å². The number of rotatable bonds is 4. The molecule has 5 nitrogen and oxygen atoms in total. The summed E-state index contributed by atoms with van der Waals surface area (Å²) in [5.74, 6) is 0.661. The zero-order valence-corrected chi connectivity index (χ0v) is 14.0. The van der Waals surface area contributed by atoms with Crippen LogP contribution in [-0.4, -0.2) is 52.8 Å². The standard InChI is InChI=1S/C14H20ClNO4S/c1-10-11(2)14(21(15,17)18)5-4-13(10)20-9-12-8-16(3)6-7-19-12/h4-5,12H,6-9H2,1-3H3. The number of ether oxygens (including phenoxy) is 2. The van der Waals surface area contributed by atoms with Gasteiger partial charge >= 0.3 is 0 Å². The molecule has 1 aromatic rings. The van der Waals surface area contributed by atoms with E-state index in [4.69, 9.17) is 20.2 Å². The monoisotopic (exact) mass is 333 g/mol. The Morgan fingerprint density at radius 2 is 2.10 bits per heavy atom. The molecule has 0 aromatic heterocycles. The van der Waals surface area contributed by atoms with Crippen LogP contribution in [0.15, 0.2) is 17.0 Å². The molecule has 0 saturated carbocycles. The zero-order chi connectivity index (χ0) is 15.6. The van der Waals surface area contributed by atoms with Crippen molar-refractivity contribution in [3.63, 3.8) is 0 Å². The first-order valence-corrected chi connectivity index (χ1v) is 9.08. The molecule has 1 aliphatic rings. The highest BCUT2D eigenvalue weighted by Crippen LogP contribution is 2.29. The van der Waals surface area contributed by atoms with Gasteiger partial charge in [0, 0.05) is 23.8 Å². The van der Waals surface area contributed by atoms with E-state index in [1.807, 2.05) is 14.0 Å². The van der Waals surface area contributed by atoms with Crippen molar-refractivity contribution < 1.29 is 17.9 Å². The lowest BCUT2D eigenvalue weighted by molar-refractivity contribution is -0.0404. The molecule has 0 radical (unpaired) electrons. The van der Waals surface area contributed by atoms with E-state index >= 15 is 0 Å². The minimum atomic E-state index is -3.73. The van der Waals surface area contributed by atoms with Gasteiger partial charge in [0.2, 0.25) is 0 Å². The van der Waals surface area contributed by atoms with Gasteiger partial charge in [-0.2, -0.15) is 0 Å². The van der Waals surface area contributed by atoms with Gasteiger partial charge in [0.15, 0.2) is 0 Å². The lowest BCUT2D eigenvalue weighted by atomic mass is 10.1. The molecular weight excluding hydrogens is 314 g/mol. The van der Waals surface area contributed by atoms with E-state index in [9.17, 15) is 8.42 Å². The molecule has 1 aromatic carbocycles. The first-order valence-electron chi connectivity index (χ1n) is 6.77. The maximum atomic E-state index is 11.5. The molecule has 1 fully saturated rings. The quantitative estimate of drug-likeness (QED) is 0.788. The minimum Gasteiger partial charge on any atom is -0.491 e. The van der Waals surface area contributed by atoms with Crippen LogP contribution in [0, 0.1) is 13.8 Å². The lowest BCUT2D eigenvalue weighted by Gasteiger charge is -2.30. The topological polar surface area (TPSA) is 55.8 Å². The van der Waals surface area contributed by atoms with Crippen LogP contribution in [0.5, 0.6) is 5.75 Å². The van der Waals surface area contributed by atoms with Crippen LogP contribution in [-0.2, 0) is 13.8 Å². The van der Waals surface area contributed by atoms with Gasteiger partial charge in [0.25, 0.3) is 9.05 Å². The number of nitrogens with zero attached hydrogens (tertiary/aromatic N) is 1. The molecule has 0 spiro atoms. The third kappa shape index (κ3) is 4.10. The summed E-state index contributed by atoms with van der Waals surface area (Å²) in [5, 5.41) is 0. The second-order valence-electron chi connectivity index (χ2n) is 5.32. The van der Waals surface area contributed by atoms with Crippen LogP contribution in [0.1, 0.15) is 11.1 Å². The molecule has 1 unspecified atom stereocenters. The van der Waals surface area contributed by atoms with Crippen LogP contribution in [0.25, 0.3) is 0 Å². The maximum Gasteiger partial charge on any atom is 0.261 e. The second kappa shape index (κ2) is 6.52. The number of benzene rings is 1. The van der Waals surface area contributed by atoms with Crippen molar-refractivity contribution in [1.29, 1.82) is 0 Å². The first kappa shape index (κ1) is 16.5. The lowest BCUT2D eigenvalue weighted by Crippen LogP contribution is -2.42. The molecule has 7 heteroatoms. The predicted molar refractivity (Wildman–Crippen MR) is 81.7 cm³/mol. The van der Waals surface area contributed by atoms with E-state index in [-0.39, 0.29) is 11.0 Å². The van der Waals surface area contributed by atoms with Crippen LogP contribution >= 0.6 is 10.7 Å². The molecular formula is C14H20ClNO4S. The number of hydrogen-bond acceptors (Lipinski definition) is 5. The van der Waals surface area contributed by atoms with Crippen molar-refractivity contribution in [2.24, 2.45) is 0 Å². The summed E-state index contributed by atoms with van der Waals surface area (Å²) in [6, 6.07) is 3.12. The third-order valence-corrected chi connectivity index (χ3v) is 5.18. The average molecular weight is 334 g/mol. The molecule has 1 atom stereocenters. The van der Waals surface area contributed by atoms with E-state index in [1.165, 1.54) is 6.07 Å². The number of likely N-dealkylation sites (N-methyl/N-ethyl adjacent to an activating group) is 1. The second-order valence-corrected chi connectivity index (χ2v) is 7.85. The van der Waals surface area contributed by atoms with Crippen molar-refractivity contribution >= 4 is 19.7 Å². The highest BCUT2D eigenvalue weighted by Gasteiger charge is 2.20. The van der Waals surface area contributed by atoms with Crippen LogP contribution in [0.3, 0.4) is 0 Å². The predicted octanol–water partition coefficient (Wildman–Crippen LogP) is 1.94. The Balaban J connectivity index is 2.09. The maximum absolute atomic E-state index is 11.5. The van der Waals surface area contributed by atoms with Gasteiger partial charge in [-0.3, -0.25) is 0 Å².